The average molecular weight is 268 g/mol. The highest BCUT2D eigenvalue weighted by Gasteiger charge is 2.26. The average Bonchev–Trinajstić information content (AvgIpc) is 2.38. The van der Waals surface area contributed by atoms with Gasteiger partial charge in [0.25, 0.3) is 0 Å². The van der Waals surface area contributed by atoms with Crippen LogP contribution >= 0.6 is 11.6 Å². The van der Waals surface area contributed by atoms with Gasteiger partial charge in [0.05, 0.1) is 0 Å². The summed E-state index contributed by atoms with van der Waals surface area (Å²) < 4.78 is 0. The molecular weight excluding hydrogens is 250 g/mol. The van der Waals surface area contributed by atoms with Gasteiger partial charge in [-0.15, -0.1) is 0 Å². The highest BCUT2D eigenvalue weighted by Crippen LogP contribution is 2.17. The first-order valence-corrected chi connectivity index (χ1v) is 6.76. The van der Waals surface area contributed by atoms with Crippen LogP contribution in [-0.2, 0) is 11.2 Å². The van der Waals surface area contributed by atoms with Crippen molar-refractivity contribution in [2.45, 2.75) is 31.7 Å². The van der Waals surface area contributed by atoms with Crippen molar-refractivity contribution in [1.29, 1.82) is 0 Å². The molecule has 18 heavy (non-hydrogen) atoms. The summed E-state index contributed by atoms with van der Waals surface area (Å²) in [7, 11) is 0. The predicted molar refractivity (Wildman–Crippen MR) is 72.0 cm³/mol. The van der Waals surface area contributed by atoms with Crippen LogP contribution in [0.1, 0.15) is 24.8 Å². The Morgan fingerprint density at radius 1 is 1.22 bits per heavy atom. The molecule has 1 heterocycles. The largest absolute Gasteiger partial charge is 0.480 e. The molecule has 1 aliphatic rings. The lowest BCUT2D eigenvalue weighted by molar-refractivity contribution is -0.143. The molecule has 1 atom stereocenters. The molecule has 0 aromatic heterocycles. The Kier molecular flexibility index (Phi) is 4.61. The van der Waals surface area contributed by atoms with Gasteiger partial charge in [-0.2, -0.15) is 0 Å². The number of likely N-dealkylation sites (tertiary alicyclic amines) is 1. The lowest BCUT2D eigenvalue weighted by Crippen LogP contribution is -2.45. The number of halogens is 1. The second kappa shape index (κ2) is 6.21. The molecule has 0 unspecified atom stereocenters. The van der Waals surface area contributed by atoms with Crippen LogP contribution in [0, 0.1) is 0 Å². The summed E-state index contributed by atoms with van der Waals surface area (Å²) in [6.07, 6.45) is 3.96. The molecule has 98 valence electrons. The molecule has 1 saturated heterocycles. The van der Waals surface area contributed by atoms with Crippen molar-refractivity contribution in [3.63, 3.8) is 0 Å². The van der Waals surface area contributed by atoms with Crippen molar-refractivity contribution in [2.75, 3.05) is 13.1 Å². The van der Waals surface area contributed by atoms with E-state index in [1.54, 1.807) is 0 Å². The van der Waals surface area contributed by atoms with E-state index >= 15 is 0 Å². The van der Waals surface area contributed by atoms with Gasteiger partial charge < -0.3 is 5.11 Å². The zero-order chi connectivity index (χ0) is 13.0. The van der Waals surface area contributed by atoms with Gasteiger partial charge in [-0.25, -0.2) is 0 Å². The van der Waals surface area contributed by atoms with E-state index in [1.165, 1.54) is 6.42 Å². The highest BCUT2D eigenvalue weighted by atomic mass is 35.5. The number of hydrogen-bond donors (Lipinski definition) is 1. The Morgan fingerprint density at radius 2 is 1.83 bits per heavy atom. The molecule has 1 aliphatic heterocycles. The van der Waals surface area contributed by atoms with E-state index in [0.29, 0.717) is 11.4 Å². The third-order valence-corrected chi connectivity index (χ3v) is 3.71. The summed E-state index contributed by atoms with van der Waals surface area (Å²) in [6.45, 7) is 1.79. The third kappa shape index (κ3) is 3.47. The highest BCUT2D eigenvalue weighted by molar-refractivity contribution is 6.30. The zero-order valence-electron chi connectivity index (χ0n) is 10.3. The quantitative estimate of drug-likeness (QED) is 0.912. The molecule has 2 rings (SSSR count). The zero-order valence-corrected chi connectivity index (χ0v) is 11.1. The van der Waals surface area contributed by atoms with Crippen LogP contribution in [0.3, 0.4) is 0 Å². The number of carbonyl (C=O) groups is 1. The van der Waals surface area contributed by atoms with Crippen LogP contribution < -0.4 is 0 Å². The SMILES string of the molecule is O=C(O)[C@H](Cc1ccc(Cl)cc1)N1CCCCC1. The second-order valence-electron chi connectivity index (χ2n) is 4.78. The monoisotopic (exact) mass is 267 g/mol. The molecule has 0 saturated carbocycles. The van der Waals surface area contributed by atoms with Crippen LogP contribution in [0.15, 0.2) is 24.3 Å². The van der Waals surface area contributed by atoms with Gasteiger partial charge in [-0.1, -0.05) is 30.2 Å². The summed E-state index contributed by atoms with van der Waals surface area (Å²) >= 11 is 5.83. The lowest BCUT2D eigenvalue weighted by Gasteiger charge is -2.32. The van der Waals surface area contributed by atoms with Gasteiger partial charge in [0.15, 0.2) is 0 Å². The van der Waals surface area contributed by atoms with Crippen LogP contribution in [0.25, 0.3) is 0 Å². The lowest BCUT2D eigenvalue weighted by atomic mass is 10.0. The van der Waals surface area contributed by atoms with Crippen LogP contribution in [0.4, 0.5) is 0 Å². The maximum absolute atomic E-state index is 11.4. The number of nitrogens with zero attached hydrogens (tertiary/aromatic N) is 1. The maximum atomic E-state index is 11.4. The number of benzene rings is 1. The Morgan fingerprint density at radius 3 is 2.39 bits per heavy atom. The first-order chi connectivity index (χ1) is 8.66. The molecule has 1 aromatic rings. The van der Waals surface area contributed by atoms with Gasteiger partial charge in [0.1, 0.15) is 6.04 Å². The summed E-state index contributed by atoms with van der Waals surface area (Å²) in [6, 6.07) is 7.02. The number of aliphatic carboxylic acids is 1. The van der Waals surface area contributed by atoms with E-state index < -0.39 is 12.0 Å². The topological polar surface area (TPSA) is 40.5 Å². The summed E-state index contributed by atoms with van der Waals surface area (Å²) in [5.41, 5.74) is 1.03. The molecule has 0 radical (unpaired) electrons. The Labute approximate surface area is 112 Å². The molecule has 0 bridgehead atoms. The first-order valence-electron chi connectivity index (χ1n) is 6.38. The summed E-state index contributed by atoms with van der Waals surface area (Å²) in [4.78, 5) is 13.5. The van der Waals surface area contributed by atoms with Crippen molar-refractivity contribution >= 4 is 17.6 Å². The predicted octanol–water partition coefficient (Wildman–Crippen LogP) is 2.82. The van der Waals surface area contributed by atoms with Crippen LogP contribution in [0.5, 0.6) is 0 Å². The first kappa shape index (κ1) is 13.4. The standard InChI is InChI=1S/C14H18ClNO2/c15-12-6-4-11(5-7-12)10-13(14(17)18)16-8-2-1-3-9-16/h4-7,13H,1-3,8-10H2,(H,17,18)/t13-/m0/s1. The fourth-order valence-electron chi connectivity index (χ4n) is 2.45. The molecule has 0 aliphatic carbocycles. The molecule has 4 heteroatoms. The van der Waals surface area contributed by atoms with E-state index in [2.05, 4.69) is 4.90 Å². The van der Waals surface area contributed by atoms with E-state index in [-0.39, 0.29) is 0 Å². The van der Waals surface area contributed by atoms with Crippen molar-refractivity contribution in [1.82, 2.24) is 4.90 Å². The van der Waals surface area contributed by atoms with Gasteiger partial charge in [-0.3, -0.25) is 9.69 Å². The summed E-state index contributed by atoms with van der Waals surface area (Å²) in [5.74, 6) is -0.730. The van der Waals surface area contributed by atoms with E-state index in [0.717, 1.165) is 31.5 Å². The number of hydrogen-bond acceptors (Lipinski definition) is 2. The number of piperidine rings is 1. The van der Waals surface area contributed by atoms with Crippen molar-refractivity contribution in [3.05, 3.63) is 34.9 Å². The van der Waals surface area contributed by atoms with Crippen molar-refractivity contribution in [3.8, 4) is 0 Å². The molecular formula is C14H18ClNO2. The van der Waals surface area contributed by atoms with E-state index in [1.807, 2.05) is 24.3 Å². The molecule has 0 amide bonds. The van der Waals surface area contributed by atoms with Crippen LogP contribution in [0.2, 0.25) is 5.02 Å². The van der Waals surface area contributed by atoms with Gasteiger partial charge in [-0.05, 0) is 50.0 Å². The minimum atomic E-state index is -0.730. The number of carboxylic acids is 1. The molecule has 1 fully saturated rings. The fourth-order valence-corrected chi connectivity index (χ4v) is 2.57. The third-order valence-electron chi connectivity index (χ3n) is 3.46. The smallest absolute Gasteiger partial charge is 0.321 e. The van der Waals surface area contributed by atoms with Gasteiger partial charge >= 0.3 is 5.97 Å². The summed E-state index contributed by atoms with van der Waals surface area (Å²) in [5, 5.41) is 10.1. The Hall–Kier alpha value is -1.06. The fraction of sp³-hybridized carbons (Fsp3) is 0.500. The van der Waals surface area contributed by atoms with E-state index in [9.17, 15) is 9.90 Å². The van der Waals surface area contributed by atoms with Gasteiger partial charge in [0.2, 0.25) is 0 Å². The minimum Gasteiger partial charge on any atom is -0.480 e. The molecule has 1 N–H and O–H groups in total. The minimum absolute atomic E-state index is 0.411. The number of rotatable bonds is 4. The second-order valence-corrected chi connectivity index (χ2v) is 5.22. The Balaban J connectivity index is 2.05. The molecule has 3 nitrogen and oxygen atoms in total. The normalized spacial score (nSPS) is 18.5. The van der Waals surface area contributed by atoms with Crippen LogP contribution in [-0.4, -0.2) is 35.1 Å². The maximum Gasteiger partial charge on any atom is 0.321 e. The van der Waals surface area contributed by atoms with Gasteiger partial charge in [0, 0.05) is 5.02 Å². The molecule has 1 aromatic carbocycles. The van der Waals surface area contributed by atoms with Crippen molar-refractivity contribution in [2.24, 2.45) is 0 Å². The molecule has 0 spiro atoms. The number of carboxylic acid groups (broad SMARTS) is 1. The van der Waals surface area contributed by atoms with E-state index in [4.69, 9.17) is 11.6 Å². The van der Waals surface area contributed by atoms with Crippen molar-refractivity contribution < 1.29 is 9.90 Å². The Bertz CT molecular complexity index is 399.